The Balaban J connectivity index is 1.56. The molecular weight excluding hydrogens is 311 g/mol. The maximum Gasteiger partial charge on any atom is 0.258 e. The van der Waals surface area contributed by atoms with Gasteiger partial charge in [-0.05, 0) is 24.6 Å². The average molecular weight is 332 g/mol. The Morgan fingerprint density at radius 2 is 2.08 bits per heavy atom. The molecule has 0 bridgehead atoms. The van der Waals surface area contributed by atoms with Crippen molar-refractivity contribution < 1.29 is 13.7 Å². The Hall–Kier alpha value is -2.28. The summed E-state index contributed by atoms with van der Waals surface area (Å²) in [5.74, 6) is 0.786. The molecule has 1 aromatic carbocycles. The third-order valence-electron chi connectivity index (χ3n) is 4.09. The summed E-state index contributed by atoms with van der Waals surface area (Å²) >= 11 is 0. The monoisotopic (exact) mass is 332 g/mol. The molecule has 0 unspecified atom stereocenters. The molecule has 24 heavy (non-hydrogen) atoms. The Morgan fingerprint density at radius 1 is 1.29 bits per heavy atom. The first-order chi connectivity index (χ1) is 11.7. The number of amides is 1. The zero-order valence-corrected chi connectivity index (χ0v) is 13.7. The highest BCUT2D eigenvalue weighted by Crippen LogP contribution is 2.18. The number of carbonyl (C=O) groups excluding carboxylic acids is 1. The van der Waals surface area contributed by atoms with Gasteiger partial charge in [0.05, 0.1) is 6.54 Å². The van der Waals surface area contributed by atoms with Crippen molar-refractivity contribution in [2.45, 2.75) is 26.3 Å². The minimum absolute atomic E-state index is 0.227. The fourth-order valence-electron chi connectivity index (χ4n) is 2.78. The Kier molecular flexibility index (Phi) is 5.20. The fraction of sp³-hybridized carbons (Fsp3) is 0.471. The second kappa shape index (κ2) is 7.53. The molecule has 1 aliphatic rings. The van der Waals surface area contributed by atoms with E-state index in [1.807, 2.05) is 11.8 Å². The van der Waals surface area contributed by atoms with Crippen LogP contribution in [-0.4, -0.2) is 52.0 Å². The predicted octanol–water partition coefficient (Wildman–Crippen LogP) is 2.32. The van der Waals surface area contributed by atoms with Crippen LogP contribution in [0.3, 0.4) is 0 Å². The highest BCUT2D eigenvalue weighted by molar-refractivity contribution is 5.76. The largest absolute Gasteiger partial charge is 0.340 e. The number of rotatable bonds is 5. The molecule has 1 aromatic heterocycles. The zero-order valence-electron chi connectivity index (χ0n) is 13.7. The molecule has 0 aliphatic carbocycles. The molecule has 2 aromatic rings. The van der Waals surface area contributed by atoms with Crippen molar-refractivity contribution in [3.05, 3.63) is 35.9 Å². The SMILES string of the molecule is CCCC(=O)N1CCN(Cc2noc(-c3cccc(F)c3)n2)CC1. The lowest BCUT2D eigenvalue weighted by molar-refractivity contribution is -0.133. The van der Waals surface area contributed by atoms with Crippen molar-refractivity contribution in [2.24, 2.45) is 0 Å². The van der Waals surface area contributed by atoms with Gasteiger partial charge >= 0.3 is 0 Å². The smallest absolute Gasteiger partial charge is 0.258 e. The van der Waals surface area contributed by atoms with Crippen molar-refractivity contribution in [1.29, 1.82) is 0 Å². The first-order valence-electron chi connectivity index (χ1n) is 8.24. The van der Waals surface area contributed by atoms with E-state index in [9.17, 15) is 9.18 Å². The molecule has 0 radical (unpaired) electrons. The molecule has 0 N–H and O–H groups in total. The molecular formula is C17H21FN4O2. The van der Waals surface area contributed by atoms with E-state index in [0.29, 0.717) is 30.2 Å². The van der Waals surface area contributed by atoms with E-state index in [1.165, 1.54) is 12.1 Å². The summed E-state index contributed by atoms with van der Waals surface area (Å²) in [5, 5.41) is 3.97. The van der Waals surface area contributed by atoms with E-state index in [4.69, 9.17) is 4.52 Å². The number of hydrogen-bond acceptors (Lipinski definition) is 5. The molecule has 0 saturated carbocycles. The third-order valence-corrected chi connectivity index (χ3v) is 4.09. The summed E-state index contributed by atoms with van der Waals surface area (Å²) in [6.07, 6.45) is 1.49. The molecule has 1 aliphatic heterocycles. The van der Waals surface area contributed by atoms with Crippen LogP contribution in [0.1, 0.15) is 25.6 Å². The van der Waals surface area contributed by atoms with Crippen LogP contribution in [0.25, 0.3) is 11.5 Å². The van der Waals surface area contributed by atoms with E-state index >= 15 is 0 Å². The maximum absolute atomic E-state index is 13.3. The third kappa shape index (κ3) is 3.97. The van der Waals surface area contributed by atoms with Crippen molar-refractivity contribution in [3.63, 3.8) is 0 Å². The minimum Gasteiger partial charge on any atom is -0.340 e. The molecule has 7 heteroatoms. The summed E-state index contributed by atoms with van der Waals surface area (Å²) in [4.78, 5) is 20.3. The second-order valence-corrected chi connectivity index (χ2v) is 5.93. The number of piperazine rings is 1. The van der Waals surface area contributed by atoms with Gasteiger partial charge in [0.1, 0.15) is 5.82 Å². The maximum atomic E-state index is 13.3. The number of aromatic nitrogens is 2. The van der Waals surface area contributed by atoms with Crippen molar-refractivity contribution >= 4 is 5.91 Å². The van der Waals surface area contributed by atoms with E-state index in [1.54, 1.807) is 12.1 Å². The van der Waals surface area contributed by atoms with Crippen LogP contribution in [0, 0.1) is 5.82 Å². The van der Waals surface area contributed by atoms with E-state index in [2.05, 4.69) is 15.0 Å². The fourth-order valence-corrected chi connectivity index (χ4v) is 2.78. The van der Waals surface area contributed by atoms with Crippen LogP contribution in [-0.2, 0) is 11.3 Å². The van der Waals surface area contributed by atoms with Gasteiger partial charge in [-0.25, -0.2) is 4.39 Å². The molecule has 2 heterocycles. The van der Waals surface area contributed by atoms with Crippen LogP contribution < -0.4 is 0 Å². The minimum atomic E-state index is -0.333. The molecule has 3 rings (SSSR count). The summed E-state index contributed by atoms with van der Waals surface area (Å²) in [6, 6.07) is 6.09. The van der Waals surface area contributed by atoms with Gasteiger partial charge in [-0.2, -0.15) is 4.98 Å². The van der Waals surface area contributed by atoms with Crippen molar-refractivity contribution in [1.82, 2.24) is 19.9 Å². The van der Waals surface area contributed by atoms with Crippen LogP contribution in [0.4, 0.5) is 4.39 Å². The van der Waals surface area contributed by atoms with Gasteiger partial charge in [-0.3, -0.25) is 9.69 Å². The second-order valence-electron chi connectivity index (χ2n) is 5.93. The summed E-state index contributed by atoms with van der Waals surface area (Å²) < 4.78 is 18.5. The number of halogens is 1. The molecule has 0 spiro atoms. The molecule has 1 fully saturated rings. The summed E-state index contributed by atoms with van der Waals surface area (Å²) in [5.41, 5.74) is 0.573. The van der Waals surface area contributed by atoms with Crippen LogP contribution in [0.2, 0.25) is 0 Å². The van der Waals surface area contributed by atoms with Crippen molar-refractivity contribution in [2.75, 3.05) is 26.2 Å². The lowest BCUT2D eigenvalue weighted by atomic mass is 10.2. The number of carbonyl (C=O) groups is 1. The van der Waals surface area contributed by atoms with Gasteiger partial charge < -0.3 is 9.42 Å². The van der Waals surface area contributed by atoms with E-state index < -0.39 is 0 Å². The molecule has 0 atom stereocenters. The average Bonchev–Trinajstić information content (AvgIpc) is 3.04. The number of benzene rings is 1. The van der Waals surface area contributed by atoms with Gasteiger partial charge in [-0.15, -0.1) is 0 Å². The van der Waals surface area contributed by atoms with Crippen LogP contribution in [0.5, 0.6) is 0 Å². The van der Waals surface area contributed by atoms with E-state index in [0.717, 1.165) is 32.6 Å². The van der Waals surface area contributed by atoms with Crippen LogP contribution in [0.15, 0.2) is 28.8 Å². The van der Waals surface area contributed by atoms with E-state index in [-0.39, 0.29) is 11.7 Å². The van der Waals surface area contributed by atoms with Crippen molar-refractivity contribution in [3.8, 4) is 11.5 Å². The molecule has 128 valence electrons. The number of nitrogens with zero attached hydrogens (tertiary/aromatic N) is 4. The van der Waals surface area contributed by atoms with Gasteiger partial charge in [0.25, 0.3) is 5.89 Å². The first kappa shape index (κ1) is 16.6. The Bertz CT molecular complexity index is 695. The summed E-state index contributed by atoms with van der Waals surface area (Å²) in [7, 11) is 0. The molecule has 6 nitrogen and oxygen atoms in total. The zero-order chi connectivity index (χ0) is 16.9. The predicted molar refractivity (Wildman–Crippen MR) is 86.5 cm³/mol. The Morgan fingerprint density at radius 3 is 2.79 bits per heavy atom. The van der Waals surface area contributed by atoms with Gasteiger partial charge in [0, 0.05) is 38.2 Å². The summed E-state index contributed by atoms with van der Waals surface area (Å²) in [6.45, 7) is 5.62. The van der Waals surface area contributed by atoms with Gasteiger partial charge in [-0.1, -0.05) is 18.1 Å². The number of hydrogen-bond donors (Lipinski definition) is 0. The quantitative estimate of drug-likeness (QED) is 0.841. The lowest BCUT2D eigenvalue weighted by Gasteiger charge is -2.34. The van der Waals surface area contributed by atoms with Gasteiger partial charge in [0.2, 0.25) is 5.91 Å². The van der Waals surface area contributed by atoms with Crippen LogP contribution >= 0.6 is 0 Å². The Labute approximate surface area is 140 Å². The first-order valence-corrected chi connectivity index (χ1v) is 8.24. The standard InChI is InChI=1S/C17H21FN4O2/c1-2-4-16(23)22-9-7-21(8-10-22)12-15-19-17(24-20-15)13-5-3-6-14(18)11-13/h3,5-6,11H,2,4,7-10,12H2,1H3. The molecule has 1 saturated heterocycles. The highest BCUT2D eigenvalue weighted by atomic mass is 19.1. The normalized spacial score (nSPS) is 15.7. The highest BCUT2D eigenvalue weighted by Gasteiger charge is 2.21. The molecule has 1 amide bonds. The topological polar surface area (TPSA) is 62.5 Å². The van der Waals surface area contributed by atoms with Gasteiger partial charge in [0.15, 0.2) is 5.82 Å². The lowest BCUT2D eigenvalue weighted by Crippen LogP contribution is -2.48.